The molecule has 0 bridgehead atoms. The molecule has 1 amide bonds. The number of hydrogen-bond acceptors (Lipinski definition) is 6. The minimum Gasteiger partial charge on any atom is -0.485 e. The molecule has 1 aliphatic rings. The molecule has 1 aromatic heterocycles. The zero-order chi connectivity index (χ0) is 39.1. The molecule has 0 spiro atoms. The molecule has 284 valence electrons. The molecule has 55 heavy (non-hydrogen) atoms. The van der Waals surface area contributed by atoms with Crippen molar-refractivity contribution >= 4 is 63.7 Å². The van der Waals surface area contributed by atoms with Crippen molar-refractivity contribution < 1.29 is 32.6 Å². The lowest BCUT2D eigenvalue weighted by Crippen LogP contribution is -2.67. The molecule has 2 heterocycles. The number of amides is 1. The summed E-state index contributed by atoms with van der Waals surface area (Å²) in [5.41, 5.74) is 6.66. The fourth-order valence-electron chi connectivity index (χ4n) is 7.79. The number of aromatic nitrogens is 1. The second-order valence-corrected chi connectivity index (χ2v) is 20.2. The first-order chi connectivity index (χ1) is 26.1. The molecule has 5 aromatic carbocycles. The number of Topliss-reactive ketones (excluding diaryl/α,β-unsaturated/α-hetero) is 1. The van der Waals surface area contributed by atoms with Crippen LogP contribution in [0.4, 0.5) is 4.39 Å². The third kappa shape index (κ3) is 7.70. The summed E-state index contributed by atoms with van der Waals surface area (Å²) in [5, 5.41) is 4.59. The first kappa shape index (κ1) is 38.4. The Labute approximate surface area is 326 Å². The highest BCUT2D eigenvalue weighted by atomic mass is 35.5. The molecule has 11 heteroatoms. The van der Waals surface area contributed by atoms with Gasteiger partial charge in [-0.2, -0.15) is 0 Å². The number of carbonyl (C=O) groups excluding carboxylic acids is 2. The second-order valence-electron chi connectivity index (χ2n) is 15.5. The van der Waals surface area contributed by atoms with E-state index in [9.17, 15) is 14.0 Å². The Hall–Kier alpha value is -4.84. The molecule has 2 atom stereocenters. The van der Waals surface area contributed by atoms with E-state index in [0.717, 1.165) is 15.8 Å². The molecule has 0 unspecified atom stereocenters. The Morgan fingerprint density at radius 2 is 1.51 bits per heavy atom. The molecule has 0 saturated carbocycles. The standard InChI is InChI=1S/C44H44ClFN2O6Si/c1-43(2,3)55(32-12-8-6-9-13-32,33-14-10-7-11-15-33)52-27-41-40(53-44(4,5)54-41)25-48-24-36(34-19-18-31(46)23-37(34)48)38(49)26-51-39-22-28-16-17-30(45)20-29(28)21-35(39)42(47)50/h6-24,40-41H,25-27H2,1-5H3,(H2,47,50)/t40-,41-/m0/s1. The van der Waals surface area contributed by atoms with Crippen LogP contribution in [-0.4, -0.2) is 55.8 Å². The minimum absolute atomic E-state index is 0.124. The van der Waals surface area contributed by atoms with E-state index in [1.165, 1.54) is 12.1 Å². The third-order valence-corrected chi connectivity index (χ3v) is 15.5. The van der Waals surface area contributed by atoms with Crippen molar-refractivity contribution in [1.82, 2.24) is 4.57 Å². The van der Waals surface area contributed by atoms with E-state index in [2.05, 4.69) is 45.0 Å². The van der Waals surface area contributed by atoms with Crippen LogP contribution in [0.25, 0.3) is 21.7 Å². The molecule has 1 fully saturated rings. The van der Waals surface area contributed by atoms with Gasteiger partial charge in [0.05, 0.1) is 24.2 Å². The number of halogens is 2. The lowest BCUT2D eigenvalue weighted by Gasteiger charge is -2.43. The maximum Gasteiger partial charge on any atom is 0.261 e. The van der Waals surface area contributed by atoms with Crippen LogP contribution in [0.3, 0.4) is 0 Å². The number of hydrogen-bond donors (Lipinski definition) is 1. The maximum atomic E-state index is 14.8. The molecule has 0 radical (unpaired) electrons. The van der Waals surface area contributed by atoms with Crippen LogP contribution in [0.5, 0.6) is 5.75 Å². The summed E-state index contributed by atoms with van der Waals surface area (Å²) in [4.78, 5) is 26.2. The van der Waals surface area contributed by atoms with Gasteiger partial charge in [-0.25, -0.2) is 4.39 Å². The second kappa shape index (κ2) is 15.0. The molecule has 1 saturated heterocycles. The summed E-state index contributed by atoms with van der Waals surface area (Å²) >= 11 is 6.15. The molecule has 1 aliphatic heterocycles. The van der Waals surface area contributed by atoms with Crippen molar-refractivity contribution in [2.75, 3.05) is 13.2 Å². The highest BCUT2D eigenvalue weighted by molar-refractivity contribution is 6.99. The monoisotopic (exact) mass is 778 g/mol. The predicted molar refractivity (Wildman–Crippen MR) is 217 cm³/mol. The topological polar surface area (TPSA) is 102 Å². The van der Waals surface area contributed by atoms with Crippen LogP contribution in [0.2, 0.25) is 10.1 Å². The first-order valence-electron chi connectivity index (χ1n) is 18.2. The summed E-state index contributed by atoms with van der Waals surface area (Å²) in [6.07, 6.45) is 0.706. The first-order valence-corrected chi connectivity index (χ1v) is 20.5. The van der Waals surface area contributed by atoms with Gasteiger partial charge in [0.25, 0.3) is 14.2 Å². The van der Waals surface area contributed by atoms with Gasteiger partial charge >= 0.3 is 0 Å². The van der Waals surface area contributed by atoms with Gasteiger partial charge in [0, 0.05) is 22.2 Å². The van der Waals surface area contributed by atoms with E-state index >= 15 is 0 Å². The highest BCUT2D eigenvalue weighted by Gasteiger charge is 2.52. The average molecular weight is 779 g/mol. The number of ether oxygens (including phenoxy) is 3. The molecular formula is C44H44ClFN2O6Si. The number of rotatable bonds is 12. The minimum atomic E-state index is -2.90. The predicted octanol–water partition coefficient (Wildman–Crippen LogP) is 8.04. The summed E-state index contributed by atoms with van der Waals surface area (Å²) in [7, 11) is -2.90. The zero-order valence-corrected chi connectivity index (χ0v) is 33.2. The fourth-order valence-corrected chi connectivity index (χ4v) is 12.5. The SMILES string of the molecule is CC1(C)O[C@@H](CO[Si](c2ccccc2)(c2ccccc2)C(C)(C)C)[C@H](Cn2cc(C(=O)COc3cc4ccc(Cl)cc4cc3C(N)=O)c3ccc(F)cc32)O1. The Morgan fingerprint density at radius 3 is 2.15 bits per heavy atom. The van der Waals surface area contributed by atoms with Crippen LogP contribution in [0.1, 0.15) is 55.3 Å². The maximum absolute atomic E-state index is 14.8. The molecule has 2 N–H and O–H groups in total. The van der Waals surface area contributed by atoms with E-state index < -0.39 is 38.0 Å². The zero-order valence-electron chi connectivity index (χ0n) is 31.5. The largest absolute Gasteiger partial charge is 0.485 e. The number of nitrogens with zero attached hydrogens (tertiary/aromatic N) is 1. The molecule has 8 nitrogen and oxygen atoms in total. The quantitative estimate of drug-likeness (QED) is 0.0998. The van der Waals surface area contributed by atoms with Gasteiger partial charge in [0.15, 0.2) is 12.4 Å². The van der Waals surface area contributed by atoms with Crippen molar-refractivity contribution in [1.29, 1.82) is 0 Å². The highest BCUT2D eigenvalue weighted by Crippen LogP contribution is 2.39. The van der Waals surface area contributed by atoms with Gasteiger partial charge < -0.3 is 28.9 Å². The Bertz CT molecular complexity index is 2340. The molecule has 0 aliphatic carbocycles. The van der Waals surface area contributed by atoms with Crippen LogP contribution >= 0.6 is 11.6 Å². The van der Waals surface area contributed by atoms with Gasteiger partial charge in [-0.3, -0.25) is 9.59 Å². The number of fused-ring (bicyclic) bond motifs is 2. The van der Waals surface area contributed by atoms with Gasteiger partial charge in [0.2, 0.25) is 5.78 Å². The molecule has 6 aromatic rings. The van der Waals surface area contributed by atoms with E-state index in [0.29, 0.717) is 26.9 Å². The molecule has 7 rings (SSSR count). The van der Waals surface area contributed by atoms with Crippen LogP contribution in [0, 0.1) is 5.82 Å². The number of ketones is 1. The lowest BCUT2D eigenvalue weighted by molar-refractivity contribution is -0.149. The third-order valence-electron chi connectivity index (χ3n) is 10.2. The van der Waals surface area contributed by atoms with Crippen molar-refractivity contribution in [3.8, 4) is 5.75 Å². The number of benzene rings is 5. The Kier molecular flexibility index (Phi) is 10.5. The van der Waals surface area contributed by atoms with Crippen molar-refractivity contribution in [3.63, 3.8) is 0 Å². The fraction of sp³-hybridized carbons (Fsp3) is 0.273. The van der Waals surface area contributed by atoms with Gasteiger partial charge in [0.1, 0.15) is 23.8 Å². The lowest BCUT2D eigenvalue weighted by atomic mass is 10.1. The summed E-state index contributed by atoms with van der Waals surface area (Å²) < 4.78 is 42.9. The van der Waals surface area contributed by atoms with Crippen molar-refractivity contribution in [3.05, 3.63) is 137 Å². The Balaban J connectivity index is 1.18. The normalized spacial score (nSPS) is 17.1. The molecular weight excluding hydrogens is 735 g/mol. The van der Waals surface area contributed by atoms with Gasteiger partial charge in [-0.05, 0) is 82.5 Å². The smallest absolute Gasteiger partial charge is 0.261 e. The summed E-state index contributed by atoms with van der Waals surface area (Å²) in [6, 6.07) is 33.6. The van der Waals surface area contributed by atoms with Crippen LogP contribution < -0.4 is 20.8 Å². The number of nitrogens with two attached hydrogens (primary N) is 1. The van der Waals surface area contributed by atoms with E-state index in [-0.39, 0.29) is 41.9 Å². The van der Waals surface area contributed by atoms with Gasteiger partial charge in [-0.1, -0.05) is 99.1 Å². The van der Waals surface area contributed by atoms with Crippen molar-refractivity contribution in [2.24, 2.45) is 5.73 Å². The van der Waals surface area contributed by atoms with Crippen LogP contribution in [-0.2, 0) is 20.4 Å². The van der Waals surface area contributed by atoms with Crippen molar-refractivity contribution in [2.45, 2.75) is 64.2 Å². The number of primary amides is 1. The van der Waals surface area contributed by atoms with E-state index in [1.54, 1.807) is 42.6 Å². The van der Waals surface area contributed by atoms with Gasteiger partial charge in [-0.15, -0.1) is 0 Å². The Morgan fingerprint density at radius 1 is 0.855 bits per heavy atom. The van der Waals surface area contributed by atoms with E-state index in [4.69, 9.17) is 36.0 Å². The summed E-state index contributed by atoms with van der Waals surface area (Å²) in [5.74, 6) is -2.26. The van der Waals surface area contributed by atoms with E-state index in [1.807, 2.05) is 54.8 Å². The average Bonchev–Trinajstić information content (AvgIpc) is 3.65. The number of carbonyl (C=O) groups is 2. The summed E-state index contributed by atoms with van der Waals surface area (Å²) in [6.45, 7) is 10.5. The van der Waals surface area contributed by atoms with Crippen LogP contribution in [0.15, 0.2) is 115 Å².